The van der Waals surface area contributed by atoms with Crippen molar-refractivity contribution in [3.63, 3.8) is 0 Å². The number of carbonyl (C=O) groups is 2. The number of amides is 2. The van der Waals surface area contributed by atoms with Crippen molar-refractivity contribution < 1.29 is 14.3 Å². The summed E-state index contributed by atoms with van der Waals surface area (Å²) in [5.41, 5.74) is 6.78. The molecule has 0 aliphatic carbocycles. The second-order valence-corrected chi connectivity index (χ2v) is 9.59. The lowest BCUT2D eigenvalue weighted by Crippen LogP contribution is -2.40. The van der Waals surface area contributed by atoms with Crippen molar-refractivity contribution >= 4 is 11.8 Å². The van der Waals surface area contributed by atoms with Gasteiger partial charge in [0.2, 0.25) is 5.91 Å². The Morgan fingerprint density at radius 1 is 1.00 bits per heavy atom. The van der Waals surface area contributed by atoms with Crippen LogP contribution in [-0.2, 0) is 22.6 Å². The molecule has 0 spiro atoms. The molecule has 0 fully saturated rings. The summed E-state index contributed by atoms with van der Waals surface area (Å²) in [7, 11) is 0. The van der Waals surface area contributed by atoms with Crippen LogP contribution >= 0.6 is 0 Å². The van der Waals surface area contributed by atoms with Crippen LogP contribution in [-0.4, -0.2) is 29.4 Å². The number of hydrogen-bond donors (Lipinski definition) is 1. The highest BCUT2D eigenvalue weighted by Gasteiger charge is 2.32. The van der Waals surface area contributed by atoms with E-state index in [9.17, 15) is 9.59 Å². The maximum absolute atomic E-state index is 12.9. The minimum Gasteiger partial charge on any atom is -0.481 e. The first-order chi connectivity index (χ1) is 17.4. The number of ether oxygens (including phenoxy) is 1. The Hall–Kier alpha value is -3.60. The van der Waals surface area contributed by atoms with E-state index in [0.29, 0.717) is 31.7 Å². The lowest BCUT2D eigenvalue weighted by atomic mass is 9.87. The Bertz CT molecular complexity index is 1220. The zero-order valence-electron chi connectivity index (χ0n) is 21.7. The van der Waals surface area contributed by atoms with Crippen LogP contribution in [0.2, 0.25) is 0 Å². The Morgan fingerprint density at radius 2 is 1.78 bits per heavy atom. The van der Waals surface area contributed by atoms with E-state index in [1.54, 1.807) is 0 Å². The minimum absolute atomic E-state index is 0.130. The Balaban J connectivity index is 1.56. The number of hydrogen-bond acceptors (Lipinski definition) is 3. The summed E-state index contributed by atoms with van der Waals surface area (Å²) < 4.78 is 6.21. The molecule has 2 atom stereocenters. The van der Waals surface area contributed by atoms with Gasteiger partial charge in [-0.25, -0.2) is 0 Å². The Morgan fingerprint density at radius 3 is 2.47 bits per heavy atom. The van der Waals surface area contributed by atoms with Crippen molar-refractivity contribution in [2.45, 2.75) is 65.6 Å². The van der Waals surface area contributed by atoms with E-state index >= 15 is 0 Å². The van der Waals surface area contributed by atoms with Gasteiger partial charge in [0.1, 0.15) is 5.75 Å². The van der Waals surface area contributed by atoms with Gasteiger partial charge < -0.3 is 15.0 Å². The molecule has 3 aromatic carbocycles. The average Bonchev–Trinajstić information content (AvgIpc) is 2.89. The molecule has 4 rings (SSSR count). The zero-order valence-corrected chi connectivity index (χ0v) is 21.7. The van der Waals surface area contributed by atoms with Gasteiger partial charge in [-0.1, -0.05) is 79.6 Å². The third-order valence-electron chi connectivity index (χ3n) is 6.85. The molecule has 1 heterocycles. The first kappa shape index (κ1) is 25.5. The van der Waals surface area contributed by atoms with Crippen LogP contribution in [0.3, 0.4) is 0 Å². The van der Waals surface area contributed by atoms with Gasteiger partial charge in [0.25, 0.3) is 5.91 Å². The number of carbonyl (C=O) groups excluding carboxylic acids is 2. The van der Waals surface area contributed by atoms with Crippen LogP contribution in [0.25, 0.3) is 0 Å². The van der Waals surface area contributed by atoms with Gasteiger partial charge in [-0.2, -0.15) is 0 Å². The highest BCUT2D eigenvalue weighted by molar-refractivity contribution is 5.81. The lowest BCUT2D eigenvalue weighted by Gasteiger charge is -2.38. The third-order valence-corrected chi connectivity index (χ3v) is 6.85. The SMILES string of the molecule is CCC(=O)N1CCc2ccc(O[C@H](CC)C(=O)NCc3cccc(C)c3)cc2[C@H]1c1ccc(C)cc1. The quantitative estimate of drug-likeness (QED) is 0.449. The normalized spacial score (nSPS) is 15.7. The molecule has 0 unspecified atom stereocenters. The van der Waals surface area contributed by atoms with Crippen molar-refractivity contribution in [3.8, 4) is 5.75 Å². The number of rotatable bonds is 8. The smallest absolute Gasteiger partial charge is 0.261 e. The molecular weight excluding hydrogens is 448 g/mol. The number of fused-ring (bicyclic) bond motifs is 1. The van der Waals surface area contributed by atoms with Crippen molar-refractivity contribution in [1.29, 1.82) is 0 Å². The summed E-state index contributed by atoms with van der Waals surface area (Å²) in [5, 5.41) is 3.01. The van der Waals surface area contributed by atoms with E-state index in [2.05, 4.69) is 48.6 Å². The maximum Gasteiger partial charge on any atom is 0.261 e. The lowest BCUT2D eigenvalue weighted by molar-refractivity contribution is -0.133. The van der Waals surface area contributed by atoms with Crippen molar-refractivity contribution in [2.75, 3.05) is 6.54 Å². The minimum atomic E-state index is -0.595. The molecule has 0 bridgehead atoms. The van der Waals surface area contributed by atoms with Crippen molar-refractivity contribution in [1.82, 2.24) is 10.2 Å². The standard InChI is InChI=1S/C31H36N2O3/c1-5-28(31(35)32-20-23-9-7-8-22(4)18-23)36-26-15-14-24-16-17-33(29(34)6-2)30(27(24)19-26)25-12-10-21(3)11-13-25/h7-15,18-19,28,30H,5-6,16-17,20H2,1-4H3,(H,32,35)/t28-,30-/m1/s1. The molecule has 1 N–H and O–H groups in total. The van der Waals surface area contributed by atoms with Gasteiger partial charge >= 0.3 is 0 Å². The van der Waals surface area contributed by atoms with Crippen LogP contribution in [0.5, 0.6) is 5.75 Å². The summed E-state index contributed by atoms with van der Waals surface area (Å²) in [6.07, 6.45) is 1.23. The zero-order chi connectivity index (χ0) is 25.7. The fourth-order valence-corrected chi connectivity index (χ4v) is 4.86. The first-order valence-corrected chi connectivity index (χ1v) is 12.9. The molecule has 5 nitrogen and oxygen atoms in total. The first-order valence-electron chi connectivity index (χ1n) is 12.9. The van der Waals surface area contributed by atoms with E-state index < -0.39 is 6.10 Å². The summed E-state index contributed by atoms with van der Waals surface area (Å²) in [4.78, 5) is 27.8. The molecule has 1 aliphatic heterocycles. The molecule has 0 radical (unpaired) electrons. The summed E-state index contributed by atoms with van der Waals surface area (Å²) >= 11 is 0. The molecule has 3 aromatic rings. The molecular formula is C31H36N2O3. The fourth-order valence-electron chi connectivity index (χ4n) is 4.86. The van der Waals surface area contributed by atoms with Gasteiger partial charge in [0.15, 0.2) is 6.10 Å². The van der Waals surface area contributed by atoms with Gasteiger partial charge in [-0.15, -0.1) is 0 Å². The average molecular weight is 485 g/mol. The predicted molar refractivity (Wildman–Crippen MR) is 143 cm³/mol. The second-order valence-electron chi connectivity index (χ2n) is 9.59. The van der Waals surface area contributed by atoms with Gasteiger partial charge in [0, 0.05) is 19.5 Å². The van der Waals surface area contributed by atoms with Crippen LogP contribution in [0, 0.1) is 13.8 Å². The van der Waals surface area contributed by atoms with Crippen LogP contribution in [0.15, 0.2) is 66.7 Å². The van der Waals surface area contributed by atoms with E-state index in [4.69, 9.17) is 4.74 Å². The fraction of sp³-hybridized carbons (Fsp3) is 0.355. The number of aryl methyl sites for hydroxylation is 2. The van der Waals surface area contributed by atoms with Gasteiger partial charge in [-0.05, 0) is 61.1 Å². The predicted octanol–water partition coefficient (Wildman–Crippen LogP) is 5.66. The van der Waals surface area contributed by atoms with Crippen molar-refractivity contribution in [2.24, 2.45) is 0 Å². The maximum atomic E-state index is 12.9. The summed E-state index contributed by atoms with van der Waals surface area (Å²) in [6, 6.07) is 22.4. The summed E-state index contributed by atoms with van der Waals surface area (Å²) in [6.45, 7) is 9.12. The monoisotopic (exact) mass is 484 g/mol. The summed E-state index contributed by atoms with van der Waals surface area (Å²) in [5.74, 6) is 0.656. The van der Waals surface area contributed by atoms with E-state index in [-0.39, 0.29) is 17.9 Å². The highest BCUT2D eigenvalue weighted by atomic mass is 16.5. The number of nitrogens with one attached hydrogen (secondary N) is 1. The van der Waals surface area contributed by atoms with Crippen molar-refractivity contribution in [3.05, 3.63) is 100 Å². The molecule has 36 heavy (non-hydrogen) atoms. The number of nitrogens with zero attached hydrogens (tertiary/aromatic N) is 1. The molecule has 0 aromatic heterocycles. The van der Waals surface area contributed by atoms with Gasteiger partial charge in [-0.3, -0.25) is 9.59 Å². The molecule has 0 saturated heterocycles. The second kappa shape index (κ2) is 11.4. The molecule has 188 valence electrons. The molecule has 5 heteroatoms. The van der Waals surface area contributed by atoms with E-state index in [1.165, 1.54) is 11.1 Å². The van der Waals surface area contributed by atoms with Crippen LogP contribution < -0.4 is 10.1 Å². The molecule has 0 saturated carbocycles. The third kappa shape index (κ3) is 5.78. The van der Waals surface area contributed by atoms with Gasteiger partial charge in [0.05, 0.1) is 6.04 Å². The van der Waals surface area contributed by atoms with Crippen LogP contribution in [0.4, 0.5) is 0 Å². The Labute approximate surface area is 214 Å². The Kier molecular flexibility index (Phi) is 8.09. The van der Waals surface area contributed by atoms with Crippen LogP contribution in [0.1, 0.15) is 66.1 Å². The number of benzene rings is 3. The van der Waals surface area contributed by atoms with E-state index in [0.717, 1.165) is 28.7 Å². The van der Waals surface area contributed by atoms with E-state index in [1.807, 2.05) is 56.0 Å². The topological polar surface area (TPSA) is 58.6 Å². The highest BCUT2D eigenvalue weighted by Crippen LogP contribution is 2.37. The molecule has 2 amide bonds. The molecule has 1 aliphatic rings. The largest absolute Gasteiger partial charge is 0.481 e.